The van der Waals surface area contributed by atoms with Crippen LogP contribution in [0, 0.1) is 0 Å². The van der Waals surface area contributed by atoms with E-state index in [1.165, 1.54) is 0 Å². The van der Waals surface area contributed by atoms with Gasteiger partial charge in [0.15, 0.2) is 5.96 Å². The topological polar surface area (TPSA) is 112 Å². The number of aryl methyl sites for hydroxylation is 1. The van der Waals surface area contributed by atoms with Gasteiger partial charge in [0, 0.05) is 46.0 Å². The Bertz CT molecular complexity index is 744. The number of aromatic nitrogens is 2. The third-order valence-electron chi connectivity index (χ3n) is 3.82. The average molecular weight is 385 g/mol. The molecule has 1 aliphatic heterocycles. The highest BCUT2D eigenvalue weighted by molar-refractivity contribution is 7.88. The van der Waals surface area contributed by atoms with E-state index in [0.717, 1.165) is 11.9 Å². The number of nitrogens with zero attached hydrogens (tertiary/aromatic N) is 5. The summed E-state index contributed by atoms with van der Waals surface area (Å²) < 4.78 is 26.2. The van der Waals surface area contributed by atoms with Crippen molar-refractivity contribution in [3.05, 3.63) is 12.4 Å². The van der Waals surface area contributed by atoms with Crippen molar-refractivity contribution in [1.29, 1.82) is 0 Å². The highest BCUT2D eigenvalue weighted by Gasteiger charge is 2.27. The standard InChI is InChI=1S/C15H27N7O3S/c1-4-16-15(17-6-5-7-19-26(3,24)25)21-8-9-22(14(23)12-21)13-10-18-20(2)11-13/h10-11,19H,4-9,12H2,1-3H3,(H,16,17). The minimum Gasteiger partial charge on any atom is -0.357 e. The summed E-state index contributed by atoms with van der Waals surface area (Å²) in [6.07, 6.45) is 5.22. The van der Waals surface area contributed by atoms with E-state index in [1.807, 2.05) is 25.1 Å². The summed E-state index contributed by atoms with van der Waals surface area (Å²) in [7, 11) is -1.36. The Labute approximate surface area is 154 Å². The lowest BCUT2D eigenvalue weighted by Gasteiger charge is -2.35. The highest BCUT2D eigenvalue weighted by Crippen LogP contribution is 2.16. The molecular weight excluding hydrogens is 358 g/mol. The summed E-state index contributed by atoms with van der Waals surface area (Å²) >= 11 is 0. The van der Waals surface area contributed by atoms with Crippen molar-refractivity contribution in [3.8, 4) is 0 Å². The number of anilines is 1. The molecule has 0 saturated carbocycles. The molecular formula is C15H27N7O3S. The fourth-order valence-electron chi connectivity index (χ4n) is 2.62. The predicted molar refractivity (Wildman–Crippen MR) is 101 cm³/mol. The molecule has 1 fully saturated rings. The normalized spacial score (nSPS) is 16.3. The van der Waals surface area contributed by atoms with E-state index in [4.69, 9.17) is 0 Å². The summed E-state index contributed by atoms with van der Waals surface area (Å²) in [6, 6.07) is 0. The van der Waals surface area contributed by atoms with Gasteiger partial charge in [0.2, 0.25) is 15.9 Å². The second kappa shape index (κ2) is 8.99. The minimum atomic E-state index is -3.18. The van der Waals surface area contributed by atoms with Gasteiger partial charge in [-0.25, -0.2) is 13.1 Å². The van der Waals surface area contributed by atoms with E-state index in [9.17, 15) is 13.2 Å². The first kappa shape index (κ1) is 20.2. The Morgan fingerprint density at radius 3 is 2.73 bits per heavy atom. The first-order valence-corrected chi connectivity index (χ1v) is 10.5. The van der Waals surface area contributed by atoms with Crippen LogP contribution >= 0.6 is 0 Å². The monoisotopic (exact) mass is 385 g/mol. The lowest BCUT2D eigenvalue weighted by molar-refractivity contribution is -0.120. The van der Waals surface area contributed by atoms with Crippen molar-refractivity contribution in [2.75, 3.05) is 50.4 Å². The van der Waals surface area contributed by atoms with Crippen LogP contribution in [0.25, 0.3) is 0 Å². The van der Waals surface area contributed by atoms with Gasteiger partial charge in [-0.3, -0.25) is 14.5 Å². The average Bonchev–Trinajstić information content (AvgIpc) is 2.98. The zero-order valence-electron chi connectivity index (χ0n) is 15.5. The van der Waals surface area contributed by atoms with Crippen molar-refractivity contribution in [3.63, 3.8) is 0 Å². The molecule has 10 nitrogen and oxygen atoms in total. The maximum atomic E-state index is 12.5. The number of amides is 1. The Balaban J connectivity index is 1.91. The molecule has 1 saturated heterocycles. The number of carbonyl (C=O) groups excluding carboxylic acids is 1. The first-order valence-electron chi connectivity index (χ1n) is 8.57. The van der Waals surface area contributed by atoms with Gasteiger partial charge in [0.1, 0.15) is 6.54 Å². The van der Waals surface area contributed by atoms with Gasteiger partial charge in [-0.15, -0.1) is 0 Å². The van der Waals surface area contributed by atoms with Crippen LogP contribution in [-0.2, 0) is 21.9 Å². The number of nitrogens with one attached hydrogen (secondary N) is 2. The number of piperazine rings is 1. The number of aliphatic imine (C=N–C) groups is 1. The molecule has 2 heterocycles. The molecule has 0 aliphatic carbocycles. The van der Waals surface area contributed by atoms with Crippen LogP contribution in [0.2, 0.25) is 0 Å². The molecule has 1 aromatic heterocycles. The van der Waals surface area contributed by atoms with Gasteiger partial charge in [-0.2, -0.15) is 5.10 Å². The van der Waals surface area contributed by atoms with E-state index in [0.29, 0.717) is 45.1 Å². The van der Waals surface area contributed by atoms with Crippen molar-refractivity contribution in [2.45, 2.75) is 13.3 Å². The van der Waals surface area contributed by atoms with Crippen LogP contribution in [0.4, 0.5) is 5.69 Å². The lowest BCUT2D eigenvalue weighted by atomic mass is 10.3. The molecule has 0 radical (unpaired) electrons. The van der Waals surface area contributed by atoms with Gasteiger partial charge in [-0.05, 0) is 13.3 Å². The summed E-state index contributed by atoms with van der Waals surface area (Å²) in [5.41, 5.74) is 0.797. The molecule has 0 spiro atoms. The molecule has 11 heteroatoms. The Hall–Kier alpha value is -2.14. The van der Waals surface area contributed by atoms with Crippen LogP contribution in [0.5, 0.6) is 0 Å². The van der Waals surface area contributed by atoms with Crippen LogP contribution in [0.1, 0.15) is 13.3 Å². The first-order chi connectivity index (χ1) is 12.3. The van der Waals surface area contributed by atoms with Gasteiger partial charge < -0.3 is 15.1 Å². The molecule has 0 bridgehead atoms. The Morgan fingerprint density at radius 2 is 2.15 bits per heavy atom. The maximum Gasteiger partial charge on any atom is 0.246 e. The third kappa shape index (κ3) is 5.99. The SMILES string of the molecule is CCNC(=NCCCNS(C)(=O)=O)N1CCN(c2cnn(C)c2)C(=O)C1. The minimum absolute atomic E-state index is 0.00593. The number of hydrogen-bond acceptors (Lipinski definition) is 5. The van der Waals surface area contributed by atoms with Crippen molar-refractivity contribution in [1.82, 2.24) is 24.7 Å². The van der Waals surface area contributed by atoms with Gasteiger partial charge in [0.25, 0.3) is 0 Å². The van der Waals surface area contributed by atoms with Gasteiger partial charge >= 0.3 is 0 Å². The molecule has 26 heavy (non-hydrogen) atoms. The molecule has 0 aromatic carbocycles. The van der Waals surface area contributed by atoms with Crippen LogP contribution in [-0.4, -0.2) is 80.5 Å². The molecule has 0 unspecified atom stereocenters. The van der Waals surface area contributed by atoms with E-state index >= 15 is 0 Å². The predicted octanol–water partition coefficient (Wildman–Crippen LogP) is -1.03. The van der Waals surface area contributed by atoms with E-state index in [-0.39, 0.29) is 12.5 Å². The number of carbonyl (C=O) groups is 1. The third-order valence-corrected chi connectivity index (χ3v) is 4.55. The zero-order chi connectivity index (χ0) is 19.2. The molecule has 2 N–H and O–H groups in total. The van der Waals surface area contributed by atoms with Gasteiger partial charge in [-0.1, -0.05) is 0 Å². The van der Waals surface area contributed by atoms with Crippen molar-refractivity contribution in [2.24, 2.45) is 12.0 Å². The molecule has 2 rings (SSSR count). The van der Waals surface area contributed by atoms with Crippen LogP contribution in [0.15, 0.2) is 17.4 Å². The summed E-state index contributed by atoms with van der Waals surface area (Å²) in [6.45, 7) is 4.93. The van der Waals surface area contributed by atoms with E-state index in [2.05, 4.69) is 20.1 Å². The molecule has 1 aliphatic rings. The molecule has 0 atom stereocenters. The van der Waals surface area contributed by atoms with Crippen LogP contribution < -0.4 is 14.9 Å². The highest BCUT2D eigenvalue weighted by atomic mass is 32.2. The van der Waals surface area contributed by atoms with Crippen molar-refractivity contribution < 1.29 is 13.2 Å². The number of rotatable bonds is 7. The summed E-state index contributed by atoms with van der Waals surface area (Å²) in [5.74, 6) is 0.666. The molecule has 146 valence electrons. The second-order valence-corrected chi connectivity index (χ2v) is 7.93. The summed E-state index contributed by atoms with van der Waals surface area (Å²) in [4.78, 5) is 20.6. The van der Waals surface area contributed by atoms with Crippen LogP contribution in [0.3, 0.4) is 0 Å². The number of sulfonamides is 1. The fraction of sp³-hybridized carbons (Fsp3) is 0.667. The van der Waals surface area contributed by atoms with Crippen molar-refractivity contribution >= 4 is 27.6 Å². The lowest BCUT2D eigenvalue weighted by Crippen LogP contribution is -2.55. The molecule has 1 amide bonds. The largest absolute Gasteiger partial charge is 0.357 e. The van der Waals surface area contributed by atoms with E-state index < -0.39 is 10.0 Å². The Kier molecular flexibility index (Phi) is 6.98. The number of hydrogen-bond donors (Lipinski definition) is 2. The molecule has 1 aromatic rings. The number of guanidine groups is 1. The maximum absolute atomic E-state index is 12.5. The quantitative estimate of drug-likeness (QED) is 0.353. The fourth-order valence-corrected chi connectivity index (χ4v) is 3.14. The van der Waals surface area contributed by atoms with Gasteiger partial charge in [0.05, 0.1) is 18.1 Å². The van der Waals surface area contributed by atoms with E-state index in [1.54, 1.807) is 15.8 Å². The second-order valence-electron chi connectivity index (χ2n) is 6.09. The summed E-state index contributed by atoms with van der Waals surface area (Å²) in [5, 5.41) is 7.30. The Morgan fingerprint density at radius 1 is 1.38 bits per heavy atom. The smallest absolute Gasteiger partial charge is 0.246 e. The zero-order valence-corrected chi connectivity index (χ0v) is 16.3.